The van der Waals surface area contributed by atoms with Gasteiger partial charge in [0.15, 0.2) is 5.82 Å². The molecule has 0 aliphatic rings. The molecular formula is C15H10BrF2NO4. The second kappa shape index (κ2) is 7.19. The Hall–Kier alpha value is -2.48. The maximum absolute atomic E-state index is 13.8. The van der Waals surface area contributed by atoms with E-state index < -0.39 is 34.9 Å². The molecule has 8 heteroatoms. The number of anilines is 1. The average molecular weight is 386 g/mol. The van der Waals surface area contributed by atoms with E-state index in [1.54, 1.807) is 30.3 Å². The highest BCUT2D eigenvalue weighted by Gasteiger charge is 2.24. The third-order valence-electron chi connectivity index (χ3n) is 2.83. The number of nitrogens with one attached hydrogen (secondary N) is 1. The van der Waals surface area contributed by atoms with Gasteiger partial charge in [-0.2, -0.15) is 0 Å². The first-order valence-corrected chi connectivity index (χ1v) is 7.08. The Morgan fingerprint density at radius 1 is 1.22 bits per heavy atom. The molecule has 1 amide bonds. The number of amides is 1. The number of carbonyl (C=O) groups is 2. The number of carboxylic acid groups (broad SMARTS) is 1. The number of ether oxygens (including phenoxy) is 1. The highest BCUT2D eigenvalue weighted by atomic mass is 79.9. The summed E-state index contributed by atoms with van der Waals surface area (Å²) in [5.41, 5.74) is -1.10. The Balaban J connectivity index is 2.18. The smallest absolute Gasteiger partial charge is 0.412 e. The van der Waals surface area contributed by atoms with Gasteiger partial charge in [0.05, 0.1) is 10.2 Å². The summed E-state index contributed by atoms with van der Waals surface area (Å²) in [5.74, 6) is -4.02. The van der Waals surface area contributed by atoms with E-state index in [-0.39, 0.29) is 11.1 Å². The molecule has 0 radical (unpaired) electrons. The molecule has 120 valence electrons. The van der Waals surface area contributed by atoms with Crippen LogP contribution >= 0.6 is 15.9 Å². The lowest BCUT2D eigenvalue weighted by atomic mass is 10.1. The summed E-state index contributed by atoms with van der Waals surface area (Å²) in [5, 5.41) is 10.9. The maximum atomic E-state index is 13.8. The summed E-state index contributed by atoms with van der Waals surface area (Å²) >= 11 is 2.70. The summed E-state index contributed by atoms with van der Waals surface area (Å²) in [6.45, 7) is -0.101. The molecule has 0 spiro atoms. The van der Waals surface area contributed by atoms with Gasteiger partial charge in [0, 0.05) is 0 Å². The summed E-state index contributed by atoms with van der Waals surface area (Å²) in [6.07, 6.45) is -1.10. The lowest BCUT2D eigenvalue weighted by molar-refractivity contribution is 0.0692. The van der Waals surface area contributed by atoms with Crippen molar-refractivity contribution in [3.05, 3.63) is 63.6 Å². The molecule has 0 saturated heterocycles. The van der Waals surface area contributed by atoms with Crippen LogP contribution in [0.2, 0.25) is 0 Å². The van der Waals surface area contributed by atoms with Crippen molar-refractivity contribution in [2.75, 3.05) is 5.32 Å². The lowest BCUT2D eigenvalue weighted by Gasteiger charge is -2.12. The molecule has 0 aromatic heterocycles. The summed E-state index contributed by atoms with van der Waals surface area (Å²) in [6, 6.07) is 9.38. The summed E-state index contributed by atoms with van der Waals surface area (Å²) < 4.78 is 32.1. The van der Waals surface area contributed by atoms with Crippen molar-refractivity contribution in [1.82, 2.24) is 0 Å². The number of aromatic carboxylic acids is 1. The minimum atomic E-state index is -1.72. The lowest BCUT2D eigenvalue weighted by Crippen LogP contribution is -2.18. The van der Waals surface area contributed by atoms with Gasteiger partial charge in [-0.3, -0.25) is 5.32 Å². The Kier molecular flexibility index (Phi) is 5.28. The fraction of sp³-hybridized carbons (Fsp3) is 0.0667. The van der Waals surface area contributed by atoms with Crippen molar-refractivity contribution >= 4 is 33.7 Å². The predicted molar refractivity (Wildman–Crippen MR) is 81.3 cm³/mol. The summed E-state index contributed by atoms with van der Waals surface area (Å²) in [7, 11) is 0. The average Bonchev–Trinajstić information content (AvgIpc) is 2.51. The van der Waals surface area contributed by atoms with Crippen LogP contribution in [-0.2, 0) is 11.3 Å². The maximum Gasteiger partial charge on any atom is 0.412 e. The van der Waals surface area contributed by atoms with Crippen molar-refractivity contribution in [2.24, 2.45) is 0 Å². The zero-order valence-electron chi connectivity index (χ0n) is 11.5. The van der Waals surface area contributed by atoms with Crippen molar-refractivity contribution < 1.29 is 28.2 Å². The van der Waals surface area contributed by atoms with E-state index in [1.807, 2.05) is 5.32 Å². The van der Waals surface area contributed by atoms with E-state index in [2.05, 4.69) is 15.9 Å². The summed E-state index contributed by atoms with van der Waals surface area (Å²) in [4.78, 5) is 22.8. The van der Waals surface area contributed by atoms with Crippen molar-refractivity contribution in [1.29, 1.82) is 0 Å². The first-order chi connectivity index (χ1) is 10.9. The van der Waals surface area contributed by atoms with E-state index in [0.717, 1.165) is 0 Å². The third kappa shape index (κ3) is 4.04. The molecule has 23 heavy (non-hydrogen) atoms. The molecular weight excluding hydrogens is 376 g/mol. The van der Waals surface area contributed by atoms with Crippen LogP contribution in [0, 0.1) is 11.6 Å². The molecule has 0 aliphatic heterocycles. The first kappa shape index (κ1) is 16.9. The normalized spacial score (nSPS) is 10.2. The standard InChI is InChI=1S/C15H10BrF2NO4/c16-9-6-10(17)13(11(12(9)18)14(20)21)19-15(22)23-7-8-4-2-1-3-5-8/h1-6H,7H2,(H,19,22)(H,20,21). The van der Waals surface area contributed by atoms with Crippen LogP contribution in [0.15, 0.2) is 40.9 Å². The monoisotopic (exact) mass is 385 g/mol. The molecule has 2 rings (SSSR count). The van der Waals surface area contributed by atoms with E-state index in [4.69, 9.17) is 9.84 Å². The van der Waals surface area contributed by atoms with E-state index in [0.29, 0.717) is 11.6 Å². The van der Waals surface area contributed by atoms with Crippen LogP contribution in [0.5, 0.6) is 0 Å². The highest BCUT2D eigenvalue weighted by Crippen LogP contribution is 2.29. The number of carbonyl (C=O) groups excluding carboxylic acids is 1. The van der Waals surface area contributed by atoms with Gasteiger partial charge < -0.3 is 9.84 Å². The van der Waals surface area contributed by atoms with Gasteiger partial charge in [0.25, 0.3) is 0 Å². The van der Waals surface area contributed by atoms with Gasteiger partial charge in [-0.1, -0.05) is 30.3 Å². The highest BCUT2D eigenvalue weighted by molar-refractivity contribution is 9.10. The molecule has 2 aromatic carbocycles. The van der Waals surface area contributed by atoms with Crippen LogP contribution in [0.1, 0.15) is 15.9 Å². The van der Waals surface area contributed by atoms with Gasteiger partial charge in [-0.05, 0) is 27.6 Å². The molecule has 0 aliphatic carbocycles. The molecule has 0 fully saturated rings. The zero-order valence-corrected chi connectivity index (χ0v) is 13.1. The molecule has 5 nitrogen and oxygen atoms in total. The van der Waals surface area contributed by atoms with Crippen LogP contribution in [0.3, 0.4) is 0 Å². The van der Waals surface area contributed by atoms with Crippen molar-refractivity contribution in [2.45, 2.75) is 6.61 Å². The van der Waals surface area contributed by atoms with E-state index >= 15 is 0 Å². The van der Waals surface area contributed by atoms with Gasteiger partial charge in [-0.15, -0.1) is 0 Å². The van der Waals surface area contributed by atoms with Crippen LogP contribution in [0.25, 0.3) is 0 Å². The quantitative estimate of drug-likeness (QED) is 0.774. The molecule has 0 bridgehead atoms. The number of halogens is 3. The van der Waals surface area contributed by atoms with Crippen molar-refractivity contribution in [3.8, 4) is 0 Å². The van der Waals surface area contributed by atoms with Gasteiger partial charge in [0.1, 0.15) is 18.0 Å². The number of carboxylic acids is 1. The Morgan fingerprint density at radius 3 is 2.48 bits per heavy atom. The molecule has 0 saturated carbocycles. The SMILES string of the molecule is O=C(Nc1c(F)cc(Br)c(F)c1C(=O)O)OCc1ccccc1. The van der Waals surface area contributed by atoms with Gasteiger partial charge in [0.2, 0.25) is 0 Å². The number of benzene rings is 2. The fourth-order valence-corrected chi connectivity index (χ4v) is 2.18. The topological polar surface area (TPSA) is 75.6 Å². The first-order valence-electron chi connectivity index (χ1n) is 6.28. The fourth-order valence-electron chi connectivity index (χ4n) is 1.78. The molecule has 0 atom stereocenters. The molecule has 2 N–H and O–H groups in total. The van der Waals surface area contributed by atoms with Crippen molar-refractivity contribution in [3.63, 3.8) is 0 Å². The van der Waals surface area contributed by atoms with Crippen LogP contribution < -0.4 is 5.32 Å². The largest absolute Gasteiger partial charge is 0.478 e. The van der Waals surface area contributed by atoms with Crippen LogP contribution in [-0.4, -0.2) is 17.2 Å². The second-order valence-electron chi connectivity index (χ2n) is 4.40. The Labute approximate surface area is 138 Å². The number of hydrogen-bond acceptors (Lipinski definition) is 3. The second-order valence-corrected chi connectivity index (χ2v) is 5.25. The number of hydrogen-bond donors (Lipinski definition) is 2. The van der Waals surface area contributed by atoms with E-state index in [1.165, 1.54) is 0 Å². The molecule has 2 aromatic rings. The Morgan fingerprint density at radius 2 is 1.87 bits per heavy atom. The van der Waals surface area contributed by atoms with Crippen LogP contribution in [0.4, 0.5) is 19.3 Å². The van der Waals surface area contributed by atoms with E-state index in [9.17, 15) is 18.4 Å². The van der Waals surface area contributed by atoms with Gasteiger partial charge >= 0.3 is 12.1 Å². The molecule has 0 unspecified atom stereocenters. The minimum Gasteiger partial charge on any atom is -0.478 e. The third-order valence-corrected chi connectivity index (χ3v) is 3.40. The molecule has 0 heterocycles. The Bertz CT molecular complexity index is 753. The zero-order chi connectivity index (χ0) is 17.0. The number of rotatable bonds is 4. The minimum absolute atomic E-state index is 0.101. The predicted octanol–water partition coefficient (Wildman–Crippen LogP) is 4.17. The van der Waals surface area contributed by atoms with Gasteiger partial charge in [-0.25, -0.2) is 18.4 Å².